The molecule has 0 aromatic heterocycles. The van der Waals surface area contributed by atoms with Gasteiger partial charge in [-0.1, -0.05) is 0 Å². The molecule has 0 saturated carbocycles. The fourth-order valence-corrected chi connectivity index (χ4v) is 1.34. The lowest BCUT2D eigenvalue weighted by Gasteiger charge is -2.31. The number of hydrogen-bond donors (Lipinski definition) is 2. The fraction of sp³-hybridized carbons (Fsp3) is 0.778. The second kappa shape index (κ2) is 5.83. The molecule has 0 spiro atoms. The first-order valence-electron chi connectivity index (χ1n) is 4.99. The summed E-state index contributed by atoms with van der Waals surface area (Å²) in [4.78, 5) is 20.7. The van der Waals surface area contributed by atoms with Gasteiger partial charge in [-0.15, -0.1) is 0 Å². The number of hydrogen-bond acceptors (Lipinski definition) is 2. The Morgan fingerprint density at radius 2 is 1.30 bits per heavy atom. The van der Waals surface area contributed by atoms with Crippen LogP contribution in [0.2, 0.25) is 0 Å². The molecule has 1 unspecified atom stereocenters. The van der Waals surface area contributed by atoms with Gasteiger partial charge in [-0.3, -0.25) is 9.59 Å². The Morgan fingerprint density at radius 3 is 1.55 bits per heavy atom. The van der Waals surface area contributed by atoms with Crippen molar-refractivity contribution in [1.29, 1.82) is 0 Å². The van der Waals surface area contributed by atoms with E-state index in [2.05, 4.69) is 0 Å². The van der Waals surface area contributed by atoms with Gasteiger partial charge >= 0.3 is 24.3 Å². The van der Waals surface area contributed by atoms with Crippen LogP contribution in [0.4, 0.5) is 30.7 Å². The van der Waals surface area contributed by atoms with Gasteiger partial charge in [-0.05, 0) is 6.42 Å². The second-order valence-electron chi connectivity index (χ2n) is 3.97. The van der Waals surface area contributed by atoms with Crippen LogP contribution in [0.15, 0.2) is 0 Å². The van der Waals surface area contributed by atoms with Crippen LogP contribution in [-0.4, -0.2) is 40.2 Å². The van der Waals surface area contributed by atoms with Gasteiger partial charge in [0.05, 0.1) is 5.92 Å². The molecule has 1 atom stereocenters. The lowest BCUT2D eigenvalue weighted by molar-refractivity contribution is -0.345. The van der Waals surface area contributed by atoms with E-state index in [1.807, 2.05) is 0 Å². The average Bonchev–Trinajstić information content (AvgIpc) is 2.19. The monoisotopic (exact) mass is 314 g/mol. The maximum Gasteiger partial charge on any atom is 0.431 e. The fourth-order valence-electron chi connectivity index (χ4n) is 1.34. The number of aliphatic carboxylic acids is 2. The molecular formula is C9H9F7O4. The third kappa shape index (κ3) is 4.23. The molecule has 0 saturated heterocycles. The minimum absolute atomic E-state index is 0.997. The SMILES string of the molecule is O=C(O)CCC(CC(F)(C(F)(F)F)C(F)(F)F)C(=O)O. The van der Waals surface area contributed by atoms with Crippen molar-refractivity contribution in [3.63, 3.8) is 0 Å². The van der Waals surface area contributed by atoms with Crippen LogP contribution in [0.3, 0.4) is 0 Å². The summed E-state index contributed by atoms with van der Waals surface area (Å²) >= 11 is 0. The Labute approximate surface area is 107 Å². The molecule has 0 aromatic rings. The van der Waals surface area contributed by atoms with Crippen molar-refractivity contribution in [3.8, 4) is 0 Å². The summed E-state index contributed by atoms with van der Waals surface area (Å²) in [5.74, 6) is -6.19. The van der Waals surface area contributed by atoms with Crippen LogP contribution >= 0.6 is 0 Å². The van der Waals surface area contributed by atoms with E-state index in [1.165, 1.54) is 0 Å². The van der Waals surface area contributed by atoms with Crippen LogP contribution in [0.25, 0.3) is 0 Å². The molecule has 0 fully saturated rings. The minimum Gasteiger partial charge on any atom is -0.481 e. The van der Waals surface area contributed by atoms with Crippen molar-refractivity contribution in [1.82, 2.24) is 0 Å². The van der Waals surface area contributed by atoms with Gasteiger partial charge in [0.25, 0.3) is 5.67 Å². The Kier molecular flexibility index (Phi) is 5.38. The molecule has 0 aliphatic heterocycles. The molecule has 0 aliphatic rings. The Bertz CT molecular complexity index is 359. The standard InChI is InChI=1S/C9H9F7O4/c10-7(8(11,12)13,9(14,15)16)3-4(6(19)20)1-2-5(17)18/h4H,1-3H2,(H,17,18)(H,19,20). The quantitative estimate of drug-likeness (QED) is 0.739. The molecule has 4 nitrogen and oxygen atoms in total. The highest BCUT2D eigenvalue weighted by Gasteiger charge is 2.72. The van der Waals surface area contributed by atoms with E-state index in [-0.39, 0.29) is 0 Å². The van der Waals surface area contributed by atoms with Gasteiger partial charge in [0.15, 0.2) is 0 Å². The van der Waals surface area contributed by atoms with Gasteiger partial charge in [0.1, 0.15) is 0 Å². The number of carbonyl (C=O) groups is 2. The van der Waals surface area contributed by atoms with Gasteiger partial charge in [0.2, 0.25) is 0 Å². The Balaban J connectivity index is 5.32. The first-order valence-corrected chi connectivity index (χ1v) is 4.99. The highest BCUT2D eigenvalue weighted by atomic mass is 19.4. The van der Waals surface area contributed by atoms with Gasteiger partial charge in [-0.25, -0.2) is 4.39 Å². The molecule has 0 aliphatic carbocycles. The highest BCUT2D eigenvalue weighted by Crippen LogP contribution is 2.50. The van der Waals surface area contributed by atoms with Gasteiger partial charge < -0.3 is 10.2 Å². The molecule has 118 valence electrons. The maximum absolute atomic E-state index is 13.3. The van der Waals surface area contributed by atoms with Crippen molar-refractivity contribution >= 4 is 11.9 Å². The van der Waals surface area contributed by atoms with E-state index in [9.17, 15) is 40.3 Å². The summed E-state index contributed by atoms with van der Waals surface area (Å²) in [7, 11) is 0. The van der Waals surface area contributed by atoms with Gasteiger partial charge in [-0.2, -0.15) is 26.3 Å². The molecule has 2 N–H and O–H groups in total. The van der Waals surface area contributed by atoms with Crippen molar-refractivity contribution in [2.24, 2.45) is 5.92 Å². The lowest BCUT2D eigenvalue weighted by atomic mass is 9.87. The smallest absolute Gasteiger partial charge is 0.431 e. The molecule has 0 bridgehead atoms. The molecule has 0 aromatic carbocycles. The zero-order chi connectivity index (χ0) is 16.4. The van der Waals surface area contributed by atoms with Crippen LogP contribution in [0.1, 0.15) is 19.3 Å². The number of halogens is 7. The summed E-state index contributed by atoms with van der Waals surface area (Å²) in [5.41, 5.74) is -5.71. The summed E-state index contributed by atoms with van der Waals surface area (Å²) in [6.07, 6.45) is -17.2. The zero-order valence-corrected chi connectivity index (χ0v) is 9.56. The molecule has 0 amide bonds. The Hall–Kier alpha value is -1.55. The average molecular weight is 314 g/mol. The van der Waals surface area contributed by atoms with Crippen molar-refractivity contribution in [2.75, 3.05) is 0 Å². The number of carboxylic acid groups (broad SMARTS) is 2. The normalized spacial score (nSPS) is 14.9. The predicted octanol–water partition coefficient (Wildman–Crippen LogP) is 2.78. The first kappa shape index (κ1) is 18.4. The van der Waals surface area contributed by atoms with Gasteiger partial charge in [0, 0.05) is 12.8 Å². The summed E-state index contributed by atoms with van der Waals surface area (Å²) in [5, 5.41) is 16.7. The second-order valence-corrected chi connectivity index (χ2v) is 3.97. The first-order chi connectivity index (χ1) is 8.72. The van der Waals surface area contributed by atoms with Crippen molar-refractivity contribution < 1.29 is 50.5 Å². The third-order valence-corrected chi connectivity index (χ3v) is 2.48. The molecule has 20 heavy (non-hydrogen) atoms. The summed E-state index contributed by atoms with van der Waals surface area (Å²) in [6, 6.07) is 0. The van der Waals surface area contributed by atoms with Crippen molar-refractivity contribution in [3.05, 3.63) is 0 Å². The van der Waals surface area contributed by atoms with E-state index >= 15 is 0 Å². The maximum atomic E-state index is 13.3. The van der Waals surface area contributed by atoms with E-state index in [0.29, 0.717) is 0 Å². The molecule has 11 heteroatoms. The zero-order valence-electron chi connectivity index (χ0n) is 9.56. The van der Waals surface area contributed by atoms with E-state index in [1.54, 1.807) is 0 Å². The highest BCUT2D eigenvalue weighted by molar-refractivity contribution is 5.72. The van der Waals surface area contributed by atoms with Crippen LogP contribution < -0.4 is 0 Å². The number of carboxylic acids is 2. The minimum atomic E-state index is -6.36. The number of alkyl halides is 7. The summed E-state index contributed by atoms with van der Waals surface area (Å²) < 4.78 is 86.6. The van der Waals surface area contributed by atoms with E-state index in [0.717, 1.165) is 0 Å². The lowest BCUT2D eigenvalue weighted by Crippen LogP contribution is -2.54. The number of rotatable bonds is 6. The molecule has 0 rings (SSSR count). The van der Waals surface area contributed by atoms with Crippen LogP contribution in [0.5, 0.6) is 0 Å². The van der Waals surface area contributed by atoms with Crippen LogP contribution in [0, 0.1) is 5.92 Å². The molecular weight excluding hydrogens is 305 g/mol. The topological polar surface area (TPSA) is 74.6 Å². The van der Waals surface area contributed by atoms with E-state index in [4.69, 9.17) is 10.2 Å². The molecule has 0 radical (unpaired) electrons. The Morgan fingerprint density at radius 1 is 0.900 bits per heavy atom. The third-order valence-electron chi connectivity index (χ3n) is 2.48. The van der Waals surface area contributed by atoms with Crippen molar-refractivity contribution in [2.45, 2.75) is 37.3 Å². The summed E-state index contributed by atoms with van der Waals surface area (Å²) in [6.45, 7) is 0. The predicted molar refractivity (Wildman–Crippen MR) is 48.6 cm³/mol. The largest absolute Gasteiger partial charge is 0.481 e. The van der Waals surface area contributed by atoms with E-state index < -0.39 is 55.1 Å². The molecule has 0 heterocycles. The van der Waals surface area contributed by atoms with Crippen LogP contribution in [-0.2, 0) is 9.59 Å².